The highest BCUT2D eigenvalue weighted by atomic mass is 32.2. The van der Waals surface area contributed by atoms with E-state index < -0.39 is 56.1 Å². The number of aryl methyl sites for hydroxylation is 1. The van der Waals surface area contributed by atoms with Gasteiger partial charge in [-0.2, -0.15) is 18.7 Å². The second kappa shape index (κ2) is 11.4. The van der Waals surface area contributed by atoms with Crippen LogP contribution in [0.4, 0.5) is 17.6 Å². The predicted molar refractivity (Wildman–Crippen MR) is 133 cm³/mol. The third-order valence-corrected chi connectivity index (χ3v) is 8.45. The lowest BCUT2D eigenvalue weighted by Crippen LogP contribution is -2.51. The number of halogens is 4. The van der Waals surface area contributed by atoms with Crippen LogP contribution in [-0.4, -0.2) is 65.0 Å². The van der Waals surface area contributed by atoms with Crippen molar-refractivity contribution in [3.05, 3.63) is 64.5 Å². The molecule has 0 fully saturated rings. The van der Waals surface area contributed by atoms with E-state index in [9.17, 15) is 40.8 Å². The zero-order chi connectivity index (χ0) is 29.2. The lowest BCUT2D eigenvalue weighted by atomic mass is 10.0. The maximum absolute atomic E-state index is 14.7. The van der Waals surface area contributed by atoms with Crippen molar-refractivity contribution in [2.75, 3.05) is 19.9 Å². The first-order valence-electron chi connectivity index (χ1n) is 11.4. The molecule has 212 valence electrons. The number of aromatic nitrogens is 2. The molecule has 39 heavy (non-hydrogen) atoms. The molecule has 0 bridgehead atoms. The van der Waals surface area contributed by atoms with Gasteiger partial charge >= 0.3 is 12.1 Å². The minimum Gasteiger partial charge on any atom is -0.305 e. The van der Waals surface area contributed by atoms with Crippen molar-refractivity contribution in [1.29, 1.82) is 0 Å². The van der Waals surface area contributed by atoms with Gasteiger partial charge in [0, 0.05) is 24.9 Å². The summed E-state index contributed by atoms with van der Waals surface area (Å²) in [5, 5.41) is 9.07. The Morgan fingerprint density at radius 1 is 1.21 bits per heavy atom. The van der Waals surface area contributed by atoms with Crippen LogP contribution in [0, 0.1) is 5.82 Å². The van der Waals surface area contributed by atoms with Gasteiger partial charge in [-0.25, -0.2) is 22.9 Å². The summed E-state index contributed by atoms with van der Waals surface area (Å²) in [4.78, 5) is 33.3. The maximum atomic E-state index is 14.7. The predicted octanol–water partition coefficient (Wildman–Crippen LogP) is 2.83. The Hall–Kier alpha value is -3.40. The van der Waals surface area contributed by atoms with Crippen LogP contribution in [0.15, 0.2) is 47.5 Å². The van der Waals surface area contributed by atoms with Crippen LogP contribution >= 0.6 is 0 Å². The third-order valence-electron chi connectivity index (χ3n) is 6.33. The average molecular weight is 575 g/mol. The second-order valence-electron chi connectivity index (χ2n) is 9.15. The summed E-state index contributed by atoms with van der Waals surface area (Å²) in [6, 6.07) is 9.09. The van der Waals surface area contributed by atoms with E-state index in [1.165, 1.54) is 31.4 Å². The number of hydrogen-bond acceptors (Lipinski definition) is 8. The lowest BCUT2D eigenvalue weighted by Gasteiger charge is -2.31. The van der Waals surface area contributed by atoms with Gasteiger partial charge < -0.3 is 4.84 Å². The number of nitrogens with zero attached hydrogens (tertiary/aromatic N) is 3. The van der Waals surface area contributed by atoms with Gasteiger partial charge in [0.15, 0.2) is 9.84 Å². The Kier molecular flexibility index (Phi) is 8.79. The number of carbonyl (C=O) groups is 1. The van der Waals surface area contributed by atoms with Gasteiger partial charge in [0.2, 0.25) is 0 Å². The van der Waals surface area contributed by atoms with E-state index in [0.29, 0.717) is 17.7 Å². The fourth-order valence-electron chi connectivity index (χ4n) is 3.82. The minimum absolute atomic E-state index is 0.139. The molecule has 0 aliphatic carbocycles. The van der Waals surface area contributed by atoms with Crippen LogP contribution in [0.3, 0.4) is 0 Å². The van der Waals surface area contributed by atoms with Crippen LogP contribution in [-0.2, 0) is 32.6 Å². The van der Waals surface area contributed by atoms with Crippen LogP contribution in [0.2, 0.25) is 0 Å². The smallest absolute Gasteiger partial charge is 0.305 e. The van der Waals surface area contributed by atoms with Gasteiger partial charge in [-0.3, -0.25) is 19.4 Å². The van der Waals surface area contributed by atoms with E-state index in [1.54, 1.807) is 12.1 Å². The number of carbonyl (C=O) groups excluding carboxylic acids is 1. The Morgan fingerprint density at radius 2 is 1.90 bits per heavy atom. The summed E-state index contributed by atoms with van der Waals surface area (Å²) < 4.78 is 76.5. The number of benzene rings is 2. The van der Waals surface area contributed by atoms with E-state index in [2.05, 4.69) is 10.5 Å². The van der Waals surface area contributed by atoms with Crippen molar-refractivity contribution in [2.45, 2.75) is 37.4 Å². The molecule has 0 saturated heterocycles. The van der Waals surface area contributed by atoms with E-state index in [-0.39, 0.29) is 23.0 Å². The van der Waals surface area contributed by atoms with Crippen molar-refractivity contribution in [2.24, 2.45) is 0 Å². The Labute approximate surface area is 220 Å². The molecule has 0 aliphatic heterocycles. The maximum Gasteiger partial charge on any atom is 0.473 e. The molecule has 0 radical (unpaired) electrons. The Bertz CT molecular complexity index is 1540. The molecular weight excluding hydrogens is 548 g/mol. The topological polar surface area (TPSA) is 131 Å². The summed E-state index contributed by atoms with van der Waals surface area (Å²) in [7, 11) is -2.68. The largest absolute Gasteiger partial charge is 0.473 e. The molecule has 2 aromatic carbocycles. The third kappa shape index (κ3) is 6.79. The first kappa shape index (κ1) is 30.1. The van der Waals surface area contributed by atoms with Gasteiger partial charge in [0.1, 0.15) is 5.82 Å². The molecule has 1 amide bonds. The van der Waals surface area contributed by atoms with Crippen LogP contribution in [0.1, 0.15) is 18.9 Å². The Balaban J connectivity index is 1.86. The molecule has 1 atom stereocenters. The number of sulfone groups is 1. The highest BCUT2D eigenvalue weighted by molar-refractivity contribution is 7.92. The molecular formula is C24H26F4N4O6S. The van der Waals surface area contributed by atoms with E-state index in [4.69, 9.17) is 4.84 Å². The van der Waals surface area contributed by atoms with Crippen LogP contribution < -0.4 is 11.0 Å². The van der Waals surface area contributed by atoms with E-state index in [0.717, 1.165) is 24.1 Å². The standard InChI is InChI=1S/C24H26F4N4O6S/c1-23(39(3,36)37,13-32(35)22(34)24(26,27)28)8-9-31-14-29-20-11-16(5-7-18(20)21(31)33)17-6-4-15(10-19(17)25)12-30-38-2/h4-7,10-11,14,30,35H,8-9,12-13H2,1-3H3/t23-/m1/s1. The summed E-state index contributed by atoms with van der Waals surface area (Å²) in [6.45, 7) is -0.117. The lowest BCUT2D eigenvalue weighted by molar-refractivity contribution is -0.216. The van der Waals surface area contributed by atoms with E-state index in [1.807, 2.05) is 0 Å². The fourth-order valence-corrected chi connectivity index (χ4v) is 4.64. The van der Waals surface area contributed by atoms with Gasteiger partial charge in [-0.05, 0) is 42.7 Å². The van der Waals surface area contributed by atoms with E-state index >= 15 is 0 Å². The number of fused-ring (bicyclic) bond motifs is 1. The highest BCUT2D eigenvalue weighted by Crippen LogP contribution is 2.27. The molecule has 0 spiro atoms. The van der Waals surface area contributed by atoms with Gasteiger partial charge in [-0.1, -0.05) is 18.2 Å². The normalized spacial score (nSPS) is 13.8. The molecule has 1 heterocycles. The first-order valence-corrected chi connectivity index (χ1v) is 13.3. The summed E-state index contributed by atoms with van der Waals surface area (Å²) in [5.74, 6) is -3.12. The molecule has 0 unspecified atom stereocenters. The number of alkyl halides is 3. The van der Waals surface area contributed by atoms with Crippen molar-refractivity contribution in [3.8, 4) is 11.1 Å². The number of rotatable bonds is 10. The van der Waals surface area contributed by atoms with Crippen LogP contribution in [0.5, 0.6) is 0 Å². The second-order valence-corrected chi connectivity index (χ2v) is 11.7. The number of nitrogens with one attached hydrogen (secondary N) is 1. The first-order chi connectivity index (χ1) is 18.1. The summed E-state index contributed by atoms with van der Waals surface area (Å²) >= 11 is 0. The van der Waals surface area contributed by atoms with Crippen molar-refractivity contribution < 1.29 is 40.8 Å². The van der Waals surface area contributed by atoms with Gasteiger partial charge in [-0.15, -0.1) is 0 Å². The number of amides is 1. The SMILES string of the molecule is CONCc1ccc(-c2ccc3c(=O)n(CC[C@](C)(CN(O)C(=O)C(F)(F)F)S(C)(=O)=O)cnc3c2)c(F)c1. The Morgan fingerprint density at radius 3 is 2.49 bits per heavy atom. The zero-order valence-corrected chi connectivity index (χ0v) is 21.9. The molecule has 15 heteroatoms. The van der Waals surface area contributed by atoms with Crippen molar-refractivity contribution in [1.82, 2.24) is 20.1 Å². The van der Waals surface area contributed by atoms with Gasteiger partial charge in [0.25, 0.3) is 5.56 Å². The monoisotopic (exact) mass is 574 g/mol. The molecule has 3 aromatic rings. The fraction of sp³-hybridized carbons (Fsp3) is 0.375. The van der Waals surface area contributed by atoms with Crippen molar-refractivity contribution >= 4 is 26.6 Å². The van der Waals surface area contributed by atoms with Gasteiger partial charge in [0.05, 0.1) is 35.6 Å². The quantitative estimate of drug-likeness (QED) is 0.215. The minimum atomic E-state index is -5.41. The molecule has 2 N–H and O–H groups in total. The molecule has 3 rings (SSSR count). The molecule has 10 nitrogen and oxygen atoms in total. The highest BCUT2D eigenvalue weighted by Gasteiger charge is 2.46. The molecule has 1 aromatic heterocycles. The molecule has 0 saturated carbocycles. The molecule has 0 aliphatic rings. The number of hydrogen-bond donors (Lipinski definition) is 2. The zero-order valence-electron chi connectivity index (χ0n) is 21.1. The van der Waals surface area contributed by atoms with Crippen LogP contribution in [0.25, 0.3) is 22.0 Å². The summed E-state index contributed by atoms with van der Waals surface area (Å²) in [5.41, 5.74) is 3.65. The van der Waals surface area contributed by atoms with Crippen molar-refractivity contribution in [3.63, 3.8) is 0 Å². The number of hydroxylamine groups is 3. The average Bonchev–Trinajstić information content (AvgIpc) is 2.85. The summed E-state index contributed by atoms with van der Waals surface area (Å²) in [6.07, 6.45) is -3.95.